The fraction of sp³-hybridized carbons (Fsp3) is 0.417. The quantitative estimate of drug-likeness (QED) is 0.382. The minimum absolute atomic E-state index is 0.211. The summed E-state index contributed by atoms with van der Waals surface area (Å²) in [6, 6.07) is 0. The van der Waals surface area contributed by atoms with Gasteiger partial charge >= 0.3 is 5.97 Å². The largest absolute Gasteiger partial charge is 0.455 e. The molecule has 0 spiro atoms. The van der Waals surface area contributed by atoms with Crippen LogP contribution in [-0.2, 0) is 9.53 Å². The molecular weight excluding hydrogens is 176 g/mol. The Morgan fingerprint density at radius 3 is 2.36 bits per heavy atom. The lowest BCUT2D eigenvalue weighted by atomic mass is 10.1. The summed E-state index contributed by atoms with van der Waals surface area (Å²) in [4.78, 5) is 11.2. The molecule has 0 aliphatic carbocycles. The van der Waals surface area contributed by atoms with E-state index in [1.165, 1.54) is 0 Å². The molecule has 0 radical (unpaired) electrons. The molecular formula is C12H18O2. The molecule has 0 aromatic rings. The van der Waals surface area contributed by atoms with Gasteiger partial charge in [-0.1, -0.05) is 39.2 Å². The second kappa shape index (κ2) is 6.19. The van der Waals surface area contributed by atoms with Crippen molar-refractivity contribution in [1.82, 2.24) is 0 Å². The van der Waals surface area contributed by atoms with Gasteiger partial charge in [0.05, 0.1) is 0 Å². The number of allylic oxidation sites excluding steroid dienone is 2. The highest BCUT2D eigenvalue weighted by Crippen LogP contribution is 2.10. The van der Waals surface area contributed by atoms with Crippen LogP contribution in [0.1, 0.15) is 20.8 Å². The molecule has 0 saturated heterocycles. The Bertz CT molecular complexity index is 249. The standard InChI is InChI=1S/C12H18O2/c1-6-7-8-11(9(2)3)14-12(13)10(4)5/h6-9,11H,1,4H2,2-3,5H3. The van der Waals surface area contributed by atoms with Crippen molar-refractivity contribution in [3.05, 3.63) is 37.0 Å². The van der Waals surface area contributed by atoms with Gasteiger partial charge in [-0.05, 0) is 18.9 Å². The highest BCUT2D eigenvalue weighted by molar-refractivity contribution is 5.87. The number of hydrogen-bond acceptors (Lipinski definition) is 2. The summed E-state index contributed by atoms with van der Waals surface area (Å²) >= 11 is 0. The Hall–Kier alpha value is -1.31. The van der Waals surface area contributed by atoms with Crippen molar-refractivity contribution in [3.63, 3.8) is 0 Å². The molecule has 0 N–H and O–H groups in total. The van der Waals surface area contributed by atoms with Crippen LogP contribution < -0.4 is 0 Å². The molecule has 1 unspecified atom stereocenters. The van der Waals surface area contributed by atoms with E-state index in [0.717, 1.165) is 0 Å². The highest BCUT2D eigenvalue weighted by atomic mass is 16.5. The third-order valence-electron chi connectivity index (χ3n) is 1.69. The van der Waals surface area contributed by atoms with E-state index >= 15 is 0 Å². The van der Waals surface area contributed by atoms with Crippen molar-refractivity contribution in [2.45, 2.75) is 26.9 Å². The van der Waals surface area contributed by atoms with Gasteiger partial charge in [0, 0.05) is 5.57 Å². The van der Waals surface area contributed by atoms with Gasteiger partial charge in [-0.3, -0.25) is 0 Å². The molecule has 0 fully saturated rings. The maximum absolute atomic E-state index is 11.2. The van der Waals surface area contributed by atoms with Crippen molar-refractivity contribution in [3.8, 4) is 0 Å². The first-order valence-corrected chi connectivity index (χ1v) is 4.64. The SMILES string of the molecule is C=CC=CC(OC(=O)C(=C)C)C(C)C. The van der Waals surface area contributed by atoms with Crippen LogP contribution in [-0.4, -0.2) is 12.1 Å². The molecule has 0 amide bonds. The number of hydrogen-bond donors (Lipinski definition) is 0. The van der Waals surface area contributed by atoms with Crippen LogP contribution in [0.25, 0.3) is 0 Å². The Morgan fingerprint density at radius 1 is 1.43 bits per heavy atom. The van der Waals surface area contributed by atoms with Crippen LogP contribution in [0, 0.1) is 5.92 Å². The summed E-state index contributed by atoms with van der Waals surface area (Å²) in [5.74, 6) is -0.105. The predicted molar refractivity (Wildman–Crippen MR) is 58.9 cm³/mol. The van der Waals surface area contributed by atoms with Gasteiger partial charge in [0.15, 0.2) is 0 Å². The van der Waals surface area contributed by atoms with E-state index in [1.807, 2.05) is 19.9 Å². The summed E-state index contributed by atoms with van der Waals surface area (Å²) in [6.45, 7) is 12.7. The van der Waals surface area contributed by atoms with E-state index in [1.54, 1.807) is 19.1 Å². The Morgan fingerprint density at radius 2 is 2.00 bits per heavy atom. The summed E-state index contributed by atoms with van der Waals surface area (Å²) in [7, 11) is 0. The van der Waals surface area contributed by atoms with Crippen LogP contribution in [0.2, 0.25) is 0 Å². The monoisotopic (exact) mass is 194 g/mol. The van der Waals surface area contributed by atoms with Crippen molar-refractivity contribution in [2.24, 2.45) is 5.92 Å². The predicted octanol–water partition coefficient (Wildman–Crippen LogP) is 2.87. The van der Waals surface area contributed by atoms with Crippen molar-refractivity contribution in [2.75, 3.05) is 0 Å². The molecule has 1 atom stereocenters. The van der Waals surface area contributed by atoms with E-state index in [2.05, 4.69) is 13.2 Å². The summed E-state index contributed by atoms with van der Waals surface area (Å²) in [5.41, 5.74) is 0.419. The number of ether oxygens (including phenoxy) is 1. The number of rotatable bonds is 5. The zero-order valence-electron chi connectivity index (χ0n) is 9.12. The molecule has 0 bridgehead atoms. The molecule has 78 valence electrons. The van der Waals surface area contributed by atoms with Crippen molar-refractivity contribution in [1.29, 1.82) is 0 Å². The van der Waals surface area contributed by atoms with Crippen molar-refractivity contribution < 1.29 is 9.53 Å². The van der Waals surface area contributed by atoms with Gasteiger partial charge in [-0.15, -0.1) is 0 Å². The number of carbonyl (C=O) groups is 1. The molecule has 0 aromatic heterocycles. The van der Waals surface area contributed by atoms with Crippen LogP contribution in [0.3, 0.4) is 0 Å². The Balaban J connectivity index is 4.37. The Labute approximate surface area is 86.0 Å². The van der Waals surface area contributed by atoms with Crippen molar-refractivity contribution >= 4 is 5.97 Å². The van der Waals surface area contributed by atoms with Gasteiger partial charge in [-0.25, -0.2) is 4.79 Å². The summed E-state index contributed by atoms with van der Waals surface area (Å²) in [6.07, 6.45) is 5.04. The molecule has 2 nitrogen and oxygen atoms in total. The maximum Gasteiger partial charge on any atom is 0.333 e. The van der Waals surface area contributed by atoms with Gasteiger partial charge < -0.3 is 4.74 Å². The summed E-state index contributed by atoms with van der Waals surface area (Å²) < 4.78 is 5.20. The highest BCUT2D eigenvalue weighted by Gasteiger charge is 2.15. The zero-order chi connectivity index (χ0) is 11.1. The zero-order valence-corrected chi connectivity index (χ0v) is 9.12. The molecule has 0 aliphatic heterocycles. The molecule has 14 heavy (non-hydrogen) atoms. The fourth-order valence-electron chi connectivity index (χ4n) is 0.810. The van der Waals surface area contributed by atoms with Gasteiger partial charge in [0.25, 0.3) is 0 Å². The van der Waals surface area contributed by atoms with Crippen LogP contribution in [0.4, 0.5) is 0 Å². The molecule has 2 heteroatoms. The van der Waals surface area contributed by atoms with E-state index in [4.69, 9.17) is 4.74 Å². The minimum Gasteiger partial charge on any atom is -0.455 e. The molecule has 0 heterocycles. The average molecular weight is 194 g/mol. The minimum atomic E-state index is -0.350. The first kappa shape index (κ1) is 12.7. The second-order valence-electron chi connectivity index (χ2n) is 3.51. The van der Waals surface area contributed by atoms with Gasteiger partial charge in [0.2, 0.25) is 0 Å². The van der Waals surface area contributed by atoms with Crippen LogP contribution >= 0.6 is 0 Å². The lowest BCUT2D eigenvalue weighted by Crippen LogP contribution is -2.21. The number of carbonyl (C=O) groups excluding carboxylic acids is 1. The average Bonchev–Trinajstić information content (AvgIpc) is 2.10. The van der Waals surface area contributed by atoms with Crippen LogP contribution in [0.15, 0.2) is 37.0 Å². The number of esters is 1. The molecule has 0 aromatic carbocycles. The van der Waals surface area contributed by atoms with Gasteiger partial charge in [-0.2, -0.15) is 0 Å². The van der Waals surface area contributed by atoms with E-state index in [9.17, 15) is 4.79 Å². The Kier molecular flexibility index (Phi) is 5.61. The maximum atomic E-state index is 11.2. The van der Waals surface area contributed by atoms with Gasteiger partial charge in [0.1, 0.15) is 6.10 Å². The third-order valence-corrected chi connectivity index (χ3v) is 1.69. The topological polar surface area (TPSA) is 26.3 Å². The lowest BCUT2D eigenvalue weighted by Gasteiger charge is -2.17. The second-order valence-corrected chi connectivity index (χ2v) is 3.51. The molecule has 0 aliphatic rings. The van der Waals surface area contributed by atoms with E-state index in [-0.39, 0.29) is 18.0 Å². The first-order valence-electron chi connectivity index (χ1n) is 4.64. The normalized spacial score (nSPS) is 12.9. The van der Waals surface area contributed by atoms with E-state index < -0.39 is 0 Å². The third kappa shape index (κ3) is 4.65. The van der Waals surface area contributed by atoms with E-state index in [0.29, 0.717) is 5.57 Å². The molecule has 0 rings (SSSR count). The first-order chi connectivity index (χ1) is 6.49. The molecule has 0 saturated carbocycles. The van der Waals surface area contributed by atoms with Crippen LogP contribution in [0.5, 0.6) is 0 Å². The lowest BCUT2D eigenvalue weighted by molar-refractivity contribution is -0.143. The fourth-order valence-corrected chi connectivity index (χ4v) is 0.810. The summed E-state index contributed by atoms with van der Waals surface area (Å²) in [5, 5.41) is 0. The smallest absolute Gasteiger partial charge is 0.333 e.